The van der Waals surface area contributed by atoms with E-state index in [1.807, 2.05) is 26.0 Å². The fourth-order valence-corrected chi connectivity index (χ4v) is 4.40. The largest absolute Gasteiger partial charge is 0.464 e. The van der Waals surface area contributed by atoms with Crippen LogP contribution in [0.15, 0.2) is 52.5 Å². The molecule has 0 saturated heterocycles. The van der Waals surface area contributed by atoms with Crippen molar-refractivity contribution >= 4 is 56.6 Å². The number of anilines is 2. The Hall–Kier alpha value is -3.16. The summed E-state index contributed by atoms with van der Waals surface area (Å²) in [6.07, 6.45) is 1.70. The van der Waals surface area contributed by atoms with Crippen LogP contribution in [0.25, 0.3) is 11.0 Å². The molecule has 2 heterocycles. The van der Waals surface area contributed by atoms with Crippen molar-refractivity contribution in [2.75, 3.05) is 4.90 Å². The third-order valence-electron chi connectivity index (χ3n) is 5.10. The lowest BCUT2D eigenvalue weighted by Crippen LogP contribution is -2.22. The molecular formula is C24H21ClN2O4S. The molecule has 8 heteroatoms. The van der Waals surface area contributed by atoms with Crippen molar-refractivity contribution in [3.63, 3.8) is 0 Å². The first-order valence-electron chi connectivity index (χ1n) is 9.95. The highest BCUT2D eigenvalue weighted by Gasteiger charge is 2.19. The summed E-state index contributed by atoms with van der Waals surface area (Å²) in [7, 11) is 0. The third kappa shape index (κ3) is 4.69. The molecule has 4 aromatic rings. The summed E-state index contributed by atoms with van der Waals surface area (Å²) in [5, 5.41) is 3.69. The average molecular weight is 469 g/mol. The van der Waals surface area contributed by atoms with Crippen molar-refractivity contribution in [3.8, 4) is 0 Å². The molecule has 164 valence electrons. The van der Waals surface area contributed by atoms with E-state index in [2.05, 4.69) is 4.98 Å². The number of esters is 1. The molecular weight excluding hydrogens is 448 g/mol. The molecule has 0 spiro atoms. The van der Waals surface area contributed by atoms with Gasteiger partial charge < -0.3 is 9.15 Å². The first-order chi connectivity index (χ1) is 15.3. The van der Waals surface area contributed by atoms with Crippen LogP contribution in [0.1, 0.15) is 29.3 Å². The topological polar surface area (TPSA) is 72.6 Å². The van der Waals surface area contributed by atoms with E-state index in [-0.39, 0.29) is 24.9 Å². The second-order valence-corrected chi connectivity index (χ2v) is 8.76. The number of furan rings is 1. The highest BCUT2D eigenvalue weighted by atomic mass is 35.5. The van der Waals surface area contributed by atoms with Gasteiger partial charge >= 0.3 is 5.97 Å². The summed E-state index contributed by atoms with van der Waals surface area (Å²) in [6, 6.07) is 11.0. The number of fused-ring (bicyclic) bond motifs is 1. The van der Waals surface area contributed by atoms with Crippen molar-refractivity contribution < 1.29 is 18.7 Å². The van der Waals surface area contributed by atoms with E-state index in [9.17, 15) is 9.59 Å². The number of hydrogen-bond donors (Lipinski definition) is 0. The van der Waals surface area contributed by atoms with Gasteiger partial charge in [0, 0.05) is 28.3 Å². The molecule has 0 N–H and O–H groups in total. The Labute approximate surface area is 194 Å². The number of rotatable bonds is 6. The zero-order valence-electron chi connectivity index (χ0n) is 17.8. The van der Waals surface area contributed by atoms with E-state index in [1.165, 1.54) is 23.2 Å². The number of aryl methyl sites for hydroxylation is 2. The van der Waals surface area contributed by atoms with Crippen LogP contribution in [-0.2, 0) is 27.4 Å². The van der Waals surface area contributed by atoms with Crippen LogP contribution in [0.4, 0.5) is 10.8 Å². The SMILES string of the molecule is CC(=O)N(c1cccc(Cl)c1)c1nc(COC(=O)Cc2coc3cc(C)c(C)cc23)cs1. The van der Waals surface area contributed by atoms with Gasteiger partial charge in [0.05, 0.1) is 24.1 Å². The van der Waals surface area contributed by atoms with Crippen LogP contribution in [0.3, 0.4) is 0 Å². The summed E-state index contributed by atoms with van der Waals surface area (Å²) in [6.45, 7) is 5.52. The maximum atomic E-state index is 12.4. The van der Waals surface area contributed by atoms with Crippen molar-refractivity contribution in [2.24, 2.45) is 0 Å². The Kier molecular flexibility index (Phi) is 6.30. The summed E-state index contributed by atoms with van der Waals surface area (Å²) in [5.41, 5.74) is 5.01. The number of halogens is 1. The first-order valence-corrected chi connectivity index (χ1v) is 11.2. The maximum Gasteiger partial charge on any atom is 0.310 e. The van der Waals surface area contributed by atoms with E-state index >= 15 is 0 Å². The van der Waals surface area contributed by atoms with Crippen molar-refractivity contribution in [3.05, 3.63) is 75.4 Å². The minimum atomic E-state index is -0.376. The molecule has 0 fully saturated rings. The number of amides is 1. The van der Waals surface area contributed by atoms with Gasteiger partial charge in [-0.2, -0.15) is 0 Å². The summed E-state index contributed by atoms with van der Waals surface area (Å²) in [4.78, 5) is 30.6. The van der Waals surface area contributed by atoms with Gasteiger partial charge in [-0.25, -0.2) is 4.98 Å². The highest BCUT2D eigenvalue weighted by molar-refractivity contribution is 7.14. The molecule has 4 rings (SSSR count). The van der Waals surface area contributed by atoms with Gasteiger partial charge in [0.1, 0.15) is 12.2 Å². The van der Waals surface area contributed by atoms with E-state index in [0.717, 1.165) is 27.7 Å². The molecule has 2 aromatic carbocycles. The Morgan fingerprint density at radius 3 is 2.72 bits per heavy atom. The van der Waals surface area contributed by atoms with Crippen molar-refractivity contribution in [2.45, 2.75) is 33.8 Å². The van der Waals surface area contributed by atoms with Gasteiger partial charge in [0.2, 0.25) is 5.91 Å². The number of aromatic nitrogens is 1. The molecule has 0 bridgehead atoms. The van der Waals surface area contributed by atoms with E-state index in [4.69, 9.17) is 20.8 Å². The zero-order chi connectivity index (χ0) is 22.8. The Morgan fingerprint density at radius 1 is 1.19 bits per heavy atom. The monoisotopic (exact) mass is 468 g/mol. The van der Waals surface area contributed by atoms with Crippen LogP contribution >= 0.6 is 22.9 Å². The van der Waals surface area contributed by atoms with Crippen LogP contribution in [0.5, 0.6) is 0 Å². The Balaban J connectivity index is 1.43. The van der Waals surface area contributed by atoms with Crippen LogP contribution < -0.4 is 4.90 Å². The van der Waals surface area contributed by atoms with Gasteiger partial charge in [-0.05, 0) is 55.3 Å². The van der Waals surface area contributed by atoms with Crippen LogP contribution in [-0.4, -0.2) is 16.9 Å². The third-order valence-corrected chi connectivity index (χ3v) is 6.21. The smallest absolute Gasteiger partial charge is 0.310 e. The Morgan fingerprint density at radius 2 is 1.97 bits per heavy atom. The second-order valence-electron chi connectivity index (χ2n) is 7.49. The average Bonchev–Trinajstić information content (AvgIpc) is 3.34. The minimum Gasteiger partial charge on any atom is -0.464 e. The molecule has 1 amide bonds. The zero-order valence-corrected chi connectivity index (χ0v) is 19.4. The number of thiazole rings is 1. The van der Waals surface area contributed by atoms with Gasteiger partial charge in [-0.3, -0.25) is 14.5 Å². The molecule has 0 aliphatic heterocycles. The van der Waals surface area contributed by atoms with Gasteiger partial charge in [-0.1, -0.05) is 17.7 Å². The lowest BCUT2D eigenvalue weighted by Gasteiger charge is -2.18. The van der Waals surface area contributed by atoms with Crippen LogP contribution in [0, 0.1) is 13.8 Å². The fourth-order valence-electron chi connectivity index (χ4n) is 3.34. The molecule has 0 radical (unpaired) electrons. The van der Waals surface area contributed by atoms with E-state index in [1.54, 1.807) is 35.9 Å². The van der Waals surface area contributed by atoms with Crippen LogP contribution in [0.2, 0.25) is 5.02 Å². The molecule has 2 aromatic heterocycles. The number of carbonyl (C=O) groups is 2. The lowest BCUT2D eigenvalue weighted by atomic mass is 10.0. The van der Waals surface area contributed by atoms with Gasteiger partial charge in [0.15, 0.2) is 5.13 Å². The minimum absolute atomic E-state index is 0.0184. The van der Waals surface area contributed by atoms with Crippen molar-refractivity contribution in [1.82, 2.24) is 4.98 Å². The van der Waals surface area contributed by atoms with Crippen molar-refractivity contribution in [1.29, 1.82) is 0 Å². The number of ether oxygens (including phenoxy) is 1. The molecule has 32 heavy (non-hydrogen) atoms. The molecule has 0 atom stereocenters. The number of nitrogens with zero attached hydrogens (tertiary/aromatic N) is 2. The predicted octanol–water partition coefficient (Wildman–Crippen LogP) is 6.13. The summed E-state index contributed by atoms with van der Waals surface area (Å²) < 4.78 is 11.0. The molecule has 0 unspecified atom stereocenters. The quantitative estimate of drug-likeness (QED) is 0.318. The van der Waals surface area contributed by atoms with E-state index < -0.39 is 0 Å². The second kappa shape index (κ2) is 9.14. The standard InChI is InChI=1S/C24H21ClN2O4S/c1-14-7-21-17(11-30-22(21)8-15(14)2)9-23(29)31-12-19-13-32-24(26-19)27(16(3)28)20-6-4-5-18(25)10-20/h4-8,10-11,13H,9,12H2,1-3H3. The molecule has 0 aliphatic carbocycles. The fraction of sp³-hybridized carbons (Fsp3) is 0.208. The number of hydrogen-bond acceptors (Lipinski definition) is 6. The Bertz CT molecular complexity index is 1310. The predicted molar refractivity (Wildman–Crippen MR) is 126 cm³/mol. The molecule has 0 aliphatic rings. The normalized spacial score (nSPS) is 11.0. The summed E-state index contributed by atoms with van der Waals surface area (Å²) in [5.74, 6) is -0.568. The number of carbonyl (C=O) groups excluding carboxylic acids is 2. The molecule has 6 nitrogen and oxygen atoms in total. The molecule has 0 saturated carbocycles. The summed E-state index contributed by atoms with van der Waals surface area (Å²) >= 11 is 7.36. The first kappa shape index (κ1) is 22.0. The van der Waals surface area contributed by atoms with Gasteiger partial charge in [-0.15, -0.1) is 11.3 Å². The lowest BCUT2D eigenvalue weighted by molar-refractivity contribution is -0.144. The highest BCUT2D eigenvalue weighted by Crippen LogP contribution is 2.31. The van der Waals surface area contributed by atoms with Gasteiger partial charge in [0.25, 0.3) is 0 Å². The number of benzene rings is 2. The maximum absolute atomic E-state index is 12.4. The van der Waals surface area contributed by atoms with E-state index in [0.29, 0.717) is 21.5 Å².